The Morgan fingerprint density at radius 1 is 0.667 bits per heavy atom. The molecule has 0 atom stereocenters. The van der Waals surface area contributed by atoms with Crippen LogP contribution in [0.2, 0.25) is 0 Å². The summed E-state index contributed by atoms with van der Waals surface area (Å²) in [5, 5.41) is 3.45. The SMILES string of the molecule is [CH2]CNC(C)(C)CCCCCCCCCCCCCCC. The second-order valence-corrected chi connectivity index (χ2v) is 7.30. The molecule has 0 aliphatic heterocycles. The van der Waals surface area contributed by atoms with E-state index in [0.717, 1.165) is 6.54 Å². The van der Waals surface area contributed by atoms with Gasteiger partial charge in [0.1, 0.15) is 0 Å². The zero-order valence-corrected chi connectivity index (χ0v) is 15.3. The third kappa shape index (κ3) is 16.2. The Kier molecular flexibility index (Phi) is 14.9. The molecule has 0 aromatic rings. The van der Waals surface area contributed by atoms with E-state index in [2.05, 4.69) is 33.0 Å². The Hall–Kier alpha value is -0.0400. The van der Waals surface area contributed by atoms with Crippen LogP contribution in [-0.4, -0.2) is 12.1 Å². The molecule has 0 rings (SSSR count). The smallest absolute Gasteiger partial charge is 0.0125 e. The second-order valence-electron chi connectivity index (χ2n) is 7.30. The van der Waals surface area contributed by atoms with Gasteiger partial charge in [-0.15, -0.1) is 0 Å². The third-order valence-electron chi connectivity index (χ3n) is 4.51. The van der Waals surface area contributed by atoms with Gasteiger partial charge in [0, 0.05) is 5.54 Å². The van der Waals surface area contributed by atoms with E-state index in [-0.39, 0.29) is 5.54 Å². The van der Waals surface area contributed by atoms with Crippen molar-refractivity contribution in [1.82, 2.24) is 5.32 Å². The van der Waals surface area contributed by atoms with Crippen LogP contribution in [-0.2, 0) is 0 Å². The minimum absolute atomic E-state index is 0.277. The van der Waals surface area contributed by atoms with Gasteiger partial charge in [0.2, 0.25) is 0 Å². The lowest BCUT2D eigenvalue weighted by atomic mass is 9.96. The highest BCUT2D eigenvalue weighted by atomic mass is 14.9. The monoisotopic (exact) mass is 296 g/mol. The minimum Gasteiger partial charge on any atom is -0.312 e. The van der Waals surface area contributed by atoms with Crippen molar-refractivity contribution in [3.05, 3.63) is 6.92 Å². The first-order valence-corrected chi connectivity index (χ1v) is 9.66. The molecule has 1 N–H and O–H groups in total. The molecule has 0 fully saturated rings. The van der Waals surface area contributed by atoms with Gasteiger partial charge in [0.05, 0.1) is 0 Å². The maximum absolute atomic E-state index is 3.87. The van der Waals surface area contributed by atoms with Crippen LogP contribution in [0.25, 0.3) is 0 Å². The molecule has 1 nitrogen and oxygen atoms in total. The Morgan fingerprint density at radius 2 is 1.05 bits per heavy atom. The van der Waals surface area contributed by atoms with Crippen LogP contribution < -0.4 is 5.32 Å². The first-order chi connectivity index (χ1) is 10.1. The average molecular weight is 297 g/mol. The van der Waals surface area contributed by atoms with Crippen LogP contribution in [0.1, 0.15) is 111 Å². The van der Waals surface area contributed by atoms with Crippen LogP contribution in [0, 0.1) is 6.92 Å². The molecule has 0 unspecified atom stereocenters. The molecule has 0 bridgehead atoms. The highest BCUT2D eigenvalue weighted by molar-refractivity contribution is 4.77. The van der Waals surface area contributed by atoms with E-state index >= 15 is 0 Å². The maximum atomic E-state index is 3.87. The van der Waals surface area contributed by atoms with E-state index < -0.39 is 0 Å². The minimum atomic E-state index is 0.277. The van der Waals surface area contributed by atoms with Crippen molar-refractivity contribution in [2.75, 3.05) is 6.54 Å². The predicted molar refractivity (Wildman–Crippen MR) is 97.8 cm³/mol. The Labute approximate surface area is 135 Å². The summed E-state index contributed by atoms with van der Waals surface area (Å²) in [6.07, 6.45) is 19.9. The van der Waals surface area contributed by atoms with Gasteiger partial charge >= 0.3 is 0 Å². The van der Waals surface area contributed by atoms with Gasteiger partial charge in [-0.2, -0.15) is 0 Å². The predicted octanol–water partition coefficient (Wildman–Crippen LogP) is 6.67. The van der Waals surface area contributed by atoms with Crippen LogP contribution >= 0.6 is 0 Å². The fraction of sp³-hybridized carbons (Fsp3) is 0.950. The highest BCUT2D eigenvalue weighted by Crippen LogP contribution is 2.16. The molecular formula is C20H42N. The Bertz CT molecular complexity index is 198. The van der Waals surface area contributed by atoms with Crippen molar-refractivity contribution < 1.29 is 0 Å². The molecule has 1 heteroatoms. The van der Waals surface area contributed by atoms with E-state index in [1.54, 1.807) is 0 Å². The lowest BCUT2D eigenvalue weighted by molar-refractivity contribution is 0.360. The molecule has 1 radical (unpaired) electrons. The van der Waals surface area contributed by atoms with Crippen molar-refractivity contribution in [1.29, 1.82) is 0 Å². The van der Waals surface area contributed by atoms with Crippen molar-refractivity contribution >= 4 is 0 Å². The summed E-state index contributed by atoms with van der Waals surface area (Å²) in [6, 6.07) is 0. The zero-order chi connectivity index (χ0) is 15.8. The second kappa shape index (κ2) is 14.9. The van der Waals surface area contributed by atoms with Crippen LogP contribution in [0.15, 0.2) is 0 Å². The lowest BCUT2D eigenvalue weighted by Crippen LogP contribution is -2.38. The quantitative estimate of drug-likeness (QED) is 0.314. The molecule has 21 heavy (non-hydrogen) atoms. The van der Waals surface area contributed by atoms with E-state index in [1.165, 1.54) is 89.9 Å². The summed E-state index contributed by atoms with van der Waals surface area (Å²) in [7, 11) is 0. The summed E-state index contributed by atoms with van der Waals surface area (Å²) in [4.78, 5) is 0. The van der Waals surface area contributed by atoms with E-state index in [4.69, 9.17) is 0 Å². The molecule has 0 amide bonds. The zero-order valence-electron chi connectivity index (χ0n) is 15.3. The Morgan fingerprint density at radius 3 is 1.43 bits per heavy atom. The van der Waals surface area contributed by atoms with Crippen molar-refractivity contribution in [2.24, 2.45) is 0 Å². The molecule has 0 aliphatic carbocycles. The van der Waals surface area contributed by atoms with Gasteiger partial charge in [-0.1, -0.05) is 90.4 Å². The Balaban J connectivity index is 3.12. The number of nitrogens with one attached hydrogen (secondary N) is 1. The van der Waals surface area contributed by atoms with Crippen molar-refractivity contribution in [3.8, 4) is 0 Å². The summed E-state index contributed by atoms with van der Waals surface area (Å²) in [5.41, 5.74) is 0.277. The van der Waals surface area contributed by atoms with E-state index in [1.807, 2.05) is 0 Å². The maximum Gasteiger partial charge on any atom is 0.0125 e. The van der Waals surface area contributed by atoms with Gasteiger partial charge in [-0.25, -0.2) is 0 Å². The molecular weight excluding hydrogens is 254 g/mol. The van der Waals surface area contributed by atoms with Gasteiger partial charge in [0.25, 0.3) is 0 Å². The van der Waals surface area contributed by atoms with Gasteiger partial charge in [-0.05, 0) is 33.7 Å². The largest absolute Gasteiger partial charge is 0.312 e. The van der Waals surface area contributed by atoms with Gasteiger partial charge in [0.15, 0.2) is 0 Å². The first kappa shape index (κ1) is 21.0. The lowest BCUT2D eigenvalue weighted by Gasteiger charge is -2.25. The highest BCUT2D eigenvalue weighted by Gasteiger charge is 2.14. The van der Waals surface area contributed by atoms with Crippen LogP contribution in [0.5, 0.6) is 0 Å². The number of hydrogen-bond acceptors (Lipinski definition) is 1. The number of hydrogen-bond donors (Lipinski definition) is 1. The molecule has 0 aromatic carbocycles. The normalized spacial score (nSPS) is 12.0. The molecule has 0 heterocycles. The van der Waals surface area contributed by atoms with E-state index in [0.29, 0.717) is 0 Å². The summed E-state index contributed by atoms with van der Waals surface area (Å²) in [5.74, 6) is 0. The topological polar surface area (TPSA) is 12.0 Å². The number of unbranched alkanes of at least 4 members (excludes halogenated alkanes) is 12. The van der Waals surface area contributed by atoms with Crippen LogP contribution in [0.4, 0.5) is 0 Å². The van der Waals surface area contributed by atoms with Crippen molar-refractivity contribution in [2.45, 2.75) is 116 Å². The van der Waals surface area contributed by atoms with Crippen molar-refractivity contribution in [3.63, 3.8) is 0 Å². The summed E-state index contributed by atoms with van der Waals surface area (Å²) >= 11 is 0. The summed E-state index contributed by atoms with van der Waals surface area (Å²) in [6.45, 7) is 11.6. The van der Waals surface area contributed by atoms with E-state index in [9.17, 15) is 0 Å². The molecule has 127 valence electrons. The molecule has 0 saturated carbocycles. The fourth-order valence-corrected chi connectivity index (χ4v) is 3.01. The molecule has 0 spiro atoms. The third-order valence-corrected chi connectivity index (χ3v) is 4.51. The fourth-order valence-electron chi connectivity index (χ4n) is 3.01. The molecule has 0 aromatic heterocycles. The molecule has 0 saturated heterocycles. The van der Waals surface area contributed by atoms with Gasteiger partial charge < -0.3 is 5.32 Å². The standard InChI is InChI=1S/C20H42N/c1-5-7-8-9-10-11-12-13-14-15-16-17-18-19-20(3,4)21-6-2/h21H,2,5-19H2,1,3-4H3. The van der Waals surface area contributed by atoms with Crippen LogP contribution in [0.3, 0.4) is 0 Å². The average Bonchev–Trinajstić information content (AvgIpc) is 2.44. The number of rotatable bonds is 16. The van der Waals surface area contributed by atoms with Gasteiger partial charge in [-0.3, -0.25) is 0 Å². The summed E-state index contributed by atoms with van der Waals surface area (Å²) < 4.78 is 0. The molecule has 0 aliphatic rings. The first-order valence-electron chi connectivity index (χ1n) is 9.66.